The van der Waals surface area contributed by atoms with E-state index in [1.165, 1.54) is 24.4 Å². The quantitative estimate of drug-likeness (QED) is 0.681. The Morgan fingerprint density at radius 1 is 1.26 bits per heavy atom. The van der Waals surface area contributed by atoms with Crippen molar-refractivity contribution in [3.8, 4) is 0 Å². The Kier molecular flexibility index (Phi) is 3.65. The van der Waals surface area contributed by atoms with E-state index in [1.54, 1.807) is 0 Å². The lowest BCUT2D eigenvalue weighted by atomic mass is 10.2. The molecule has 0 aliphatic heterocycles. The molecule has 0 fully saturated rings. The number of anilines is 1. The van der Waals surface area contributed by atoms with Crippen molar-refractivity contribution >= 4 is 11.5 Å². The number of benzene rings is 1. The minimum atomic E-state index is -0.963. The fourth-order valence-electron chi connectivity index (χ4n) is 1.52. The van der Waals surface area contributed by atoms with Gasteiger partial charge in [0.1, 0.15) is 0 Å². The van der Waals surface area contributed by atoms with Crippen molar-refractivity contribution in [1.82, 2.24) is 4.98 Å². The maximum Gasteiger partial charge on any atom is 0.311 e. The molecule has 0 saturated carbocycles. The van der Waals surface area contributed by atoms with Crippen molar-refractivity contribution in [2.45, 2.75) is 6.54 Å². The van der Waals surface area contributed by atoms with Gasteiger partial charge in [0.15, 0.2) is 11.6 Å². The second kappa shape index (κ2) is 5.38. The van der Waals surface area contributed by atoms with Crippen LogP contribution >= 0.6 is 0 Å². The minimum absolute atomic E-state index is 0.0808. The highest BCUT2D eigenvalue weighted by molar-refractivity contribution is 5.55. The van der Waals surface area contributed by atoms with Gasteiger partial charge in [-0.25, -0.2) is 13.8 Å². The van der Waals surface area contributed by atoms with E-state index in [0.717, 1.165) is 12.1 Å². The van der Waals surface area contributed by atoms with Crippen molar-refractivity contribution in [3.63, 3.8) is 0 Å². The third-order valence-electron chi connectivity index (χ3n) is 2.43. The van der Waals surface area contributed by atoms with Crippen LogP contribution in [0.2, 0.25) is 0 Å². The first kappa shape index (κ1) is 12.9. The highest BCUT2D eigenvalue weighted by Crippen LogP contribution is 2.21. The summed E-state index contributed by atoms with van der Waals surface area (Å²) in [5.41, 5.74) is 0.281. The zero-order chi connectivity index (χ0) is 13.8. The lowest BCUT2D eigenvalue weighted by Crippen LogP contribution is -2.05. The summed E-state index contributed by atoms with van der Waals surface area (Å²) in [5.74, 6) is -1.82. The van der Waals surface area contributed by atoms with Crippen LogP contribution in [0.1, 0.15) is 5.56 Å². The van der Waals surface area contributed by atoms with E-state index in [0.29, 0.717) is 5.56 Å². The molecular formula is C12H9F2N3O2. The molecule has 0 atom stereocenters. The molecule has 5 nitrogen and oxygen atoms in total. The summed E-state index contributed by atoms with van der Waals surface area (Å²) in [6, 6.07) is 6.16. The van der Waals surface area contributed by atoms with Crippen LogP contribution in [-0.2, 0) is 6.54 Å². The average Bonchev–Trinajstić information content (AvgIpc) is 2.40. The number of hydrogen-bond donors (Lipinski definition) is 1. The highest BCUT2D eigenvalue weighted by atomic mass is 19.2. The Morgan fingerprint density at radius 2 is 2.05 bits per heavy atom. The summed E-state index contributed by atoms with van der Waals surface area (Å²) in [5, 5.41) is 13.5. The largest absolute Gasteiger partial charge is 0.360 e. The molecule has 98 valence electrons. The number of halogens is 2. The first-order valence-electron chi connectivity index (χ1n) is 5.35. The molecule has 1 aromatic heterocycles. The summed E-state index contributed by atoms with van der Waals surface area (Å²) < 4.78 is 25.7. The van der Waals surface area contributed by atoms with Crippen molar-refractivity contribution < 1.29 is 13.7 Å². The second-order valence-electron chi connectivity index (χ2n) is 3.73. The molecule has 2 rings (SSSR count). The number of pyridine rings is 1. The van der Waals surface area contributed by atoms with E-state index in [2.05, 4.69) is 10.3 Å². The Morgan fingerprint density at radius 3 is 2.74 bits per heavy atom. The van der Waals surface area contributed by atoms with Gasteiger partial charge in [-0.15, -0.1) is 0 Å². The monoisotopic (exact) mass is 265 g/mol. The van der Waals surface area contributed by atoms with Gasteiger partial charge in [-0.3, -0.25) is 10.1 Å². The lowest BCUT2D eigenvalue weighted by molar-refractivity contribution is -0.384. The molecule has 0 spiro atoms. The first-order chi connectivity index (χ1) is 9.08. The molecule has 0 unspecified atom stereocenters. The summed E-state index contributed by atoms with van der Waals surface area (Å²) in [7, 11) is 0. The third kappa shape index (κ3) is 3.01. The molecule has 0 bridgehead atoms. The molecule has 0 amide bonds. The van der Waals surface area contributed by atoms with Gasteiger partial charge in [-0.2, -0.15) is 0 Å². The van der Waals surface area contributed by atoms with Crippen LogP contribution in [0.25, 0.3) is 0 Å². The Hall–Kier alpha value is -2.57. The van der Waals surface area contributed by atoms with E-state index in [-0.39, 0.29) is 18.1 Å². The van der Waals surface area contributed by atoms with E-state index in [1.807, 2.05) is 0 Å². The maximum absolute atomic E-state index is 13.0. The number of hydrogen-bond acceptors (Lipinski definition) is 4. The average molecular weight is 265 g/mol. The van der Waals surface area contributed by atoms with Crippen LogP contribution in [-0.4, -0.2) is 9.91 Å². The van der Waals surface area contributed by atoms with Crippen LogP contribution in [0.15, 0.2) is 36.5 Å². The van der Waals surface area contributed by atoms with Crippen LogP contribution in [0.4, 0.5) is 20.3 Å². The molecule has 19 heavy (non-hydrogen) atoms. The Balaban J connectivity index is 2.14. The fraction of sp³-hybridized carbons (Fsp3) is 0.0833. The van der Waals surface area contributed by atoms with Gasteiger partial charge >= 0.3 is 5.69 Å². The summed E-state index contributed by atoms with van der Waals surface area (Å²) >= 11 is 0. The van der Waals surface area contributed by atoms with Crippen molar-refractivity contribution in [3.05, 3.63) is 63.8 Å². The van der Waals surface area contributed by atoms with Crippen molar-refractivity contribution in [2.24, 2.45) is 0 Å². The van der Waals surface area contributed by atoms with Crippen molar-refractivity contribution in [1.29, 1.82) is 0 Å². The SMILES string of the molecule is O=[N+]([O-])c1cccnc1NCc1ccc(F)c(F)c1. The smallest absolute Gasteiger partial charge is 0.311 e. The van der Waals surface area contributed by atoms with Crippen molar-refractivity contribution in [2.75, 3.05) is 5.32 Å². The molecule has 0 aliphatic rings. The molecular weight excluding hydrogens is 256 g/mol. The molecule has 0 radical (unpaired) electrons. The predicted molar refractivity (Wildman–Crippen MR) is 64.6 cm³/mol. The van der Waals surface area contributed by atoms with E-state index in [9.17, 15) is 18.9 Å². The predicted octanol–water partition coefficient (Wildman–Crippen LogP) is 2.88. The maximum atomic E-state index is 13.0. The molecule has 0 aliphatic carbocycles. The van der Waals surface area contributed by atoms with Crippen LogP contribution in [0.3, 0.4) is 0 Å². The second-order valence-corrected chi connectivity index (χ2v) is 3.73. The number of aromatic nitrogens is 1. The lowest BCUT2D eigenvalue weighted by Gasteiger charge is -2.06. The van der Waals surface area contributed by atoms with E-state index >= 15 is 0 Å². The van der Waals surface area contributed by atoms with Gasteiger partial charge in [0, 0.05) is 18.8 Å². The normalized spacial score (nSPS) is 10.2. The fourth-order valence-corrected chi connectivity index (χ4v) is 1.52. The van der Waals surface area contributed by atoms with Gasteiger partial charge in [-0.1, -0.05) is 6.07 Å². The zero-order valence-corrected chi connectivity index (χ0v) is 9.64. The van der Waals surface area contributed by atoms with Crippen LogP contribution in [0, 0.1) is 21.7 Å². The third-order valence-corrected chi connectivity index (χ3v) is 2.43. The number of nitrogens with one attached hydrogen (secondary N) is 1. The standard InChI is InChI=1S/C12H9F2N3O2/c13-9-4-3-8(6-10(9)14)7-16-12-11(17(18)19)2-1-5-15-12/h1-6H,7H2,(H,15,16). The summed E-state index contributed by atoms with van der Waals surface area (Å²) in [6.45, 7) is 0.106. The van der Waals surface area contributed by atoms with E-state index in [4.69, 9.17) is 0 Å². The van der Waals surface area contributed by atoms with Gasteiger partial charge in [0.25, 0.3) is 0 Å². The molecule has 1 aromatic carbocycles. The van der Waals surface area contributed by atoms with Gasteiger partial charge in [0.05, 0.1) is 4.92 Å². The zero-order valence-electron chi connectivity index (χ0n) is 9.64. The van der Waals surface area contributed by atoms with Crippen LogP contribution in [0.5, 0.6) is 0 Å². The van der Waals surface area contributed by atoms with E-state index < -0.39 is 16.6 Å². The summed E-state index contributed by atoms with van der Waals surface area (Å²) in [4.78, 5) is 14.0. The Bertz CT molecular complexity index is 620. The minimum Gasteiger partial charge on any atom is -0.360 e. The number of nitro groups is 1. The first-order valence-corrected chi connectivity index (χ1v) is 5.35. The van der Waals surface area contributed by atoms with Gasteiger partial charge in [-0.05, 0) is 23.8 Å². The summed E-state index contributed by atoms with van der Waals surface area (Å²) in [6.07, 6.45) is 1.40. The molecule has 0 saturated heterocycles. The number of nitrogens with zero attached hydrogens (tertiary/aromatic N) is 2. The highest BCUT2D eigenvalue weighted by Gasteiger charge is 2.13. The number of rotatable bonds is 4. The molecule has 7 heteroatoms. The van der Waals surface area contributed by atoms with Gasteiger partial charge in [0.2, 0.25) is 5.82 Å². The molecule has 1 N–H and O–H groups in total. The van der Waals surface area contributed by atoms with Gasteiger partial charge < -0.3 is 5.32 Å². The molecule has 2 aromatic rings. The molecule has 1 heterocycles. The van der Waals surface area contributed by atoms with Crippen LogP contribution < -0.4 is 5.32 Å². The Labute approximate surface area is 107 Å². The topological polar surface area (TPSA) is 68.1 Å².